The summed E-state index contributed by atoms with van der Waals surface area (Å²) < 4.78 is 0. The molecular formula is C20H26N4O. The molecule has 2 aliphatic heterocycles. The first-order valence-corrected chi connectivity index (χ1v) is 9.53. The number of aromatic nitrogens is 2. The quantitative estimate of drug-likeness (QED) is 0.803. The van der Waals surface area contributed by atoms with E-state index in [1.807, 2.05) is 0 Å². The Hall–Kier alpha value is -1.69. The highest BCUT2D eigenvalue weighted by molar-refractivity contribution is 5.29. The Labute approximate surface area is 148 Å². The van der Waals surface area contributed by atoms with Crippen LogP contribution in [0.2, 0.25) is 0 Å². The van der Waals surface area contributed by atoms with E-state index >= 15 is 0 Å². The van der Waals surface area contributed by atoms with Gasteiger partial charge in [-0.25, -0.2) is 0 Å². The number of nitrogens with zero attached hydrogens (tertiary/aromatic N) is 2. The van der Waals surface area contributed by atoms with Gasteiger partial charge in [0.25, 0.3) is 0 Å². The lowest BCUT2D eigenvalue weighted by molar-refractivity contribution is 0.00880. The third-order valence-electron chi connectivity index (χ3n) is 6.48. The van der Waals surface area contributed by atoms with E-state index in [2.05, 4.69) is 50.7 Å². The Kier molecular flexibility index (Phi) is 3.88. The standard InChI is InChI=1S/C20H26N4O/c25-20(19-17-6-7-21-10-18(17)22-23-19)24-11-15-8-14(9-16(15)12-24)13-4-2-1-3-5-13/h1-5,14-16,20-21,25H,6-12H2,(H,22,23). The van der Waals surface area contributed by atoms with Gasteiger partial charge in [-0.15, -0.1) is 0 Å². The van der Waals surface area contributed by atoms with Gasteiger partial charge in [-0.3, -0.25) is 10.00 Å². The number of aliphatic hydroxyl groups excluding tert-OH is 1. The number of fused-ring (bicyclic) bond motifs is 2. The maximum Gasteiger partial charge on any atom is 0.152 e. The number of nitrogens with one attached hydrogen (secondary N) is 2. The molecule has 3 unspecified atom stereocenters. The van der Waals surface area contributed by atoms with Crippen molar-refractivity contribution in [3.63, 3.8) is 0 Å². The summed E-state index contributed by atoms with van der Waals surface area (Å²) in [5.74, 6) is 2.10. The largest absolute Gasteiger partial charge is 0.372 e. The summed E-state index contributed by atoms with van der Waals surface area (Å²) in [6.45, 7) is 3.79. The van der Waals surface area contributed by atoms with Gasteiger partial charge in [0, 0.05) is 25.2 Å². The fraction of sp³-hybridized carbons (Fsp3) is 0.550. The molecule has 3 heterocycles. The predicted molar refractivity (Wildman–Crippen MR) is 95.9 cm³/mol. The zero-order valence-corrected chi connectivity index (χ0v) is 14.5. The highest BCUT2D eigenvalue weighted by atomic mass is 16.3. The first-order valence-electron chi connectivity index (χ1n) is 9.53. The van der Waals surface area contributed by atoms with Crippen molar-refractivity contribution in [1.29, 1.82) is 0 Å². The molecule has 3 atom stereocenters. The van der Waals surface area contributed by atoms with Crippen LogP contribution in [0.5, 0.6) is 0 Å². The van der Waals surface area contributed by atoms with Crippen LogP contribution in [-0.2, 0) is 13.0 Å². The van der Waals surface area contributed by atoms with Crippen LogP contribution in [0, 0.1) is 11.8 Å². The predicted octanol–water partition coefficient (Wildman–Crippen LogP) is 2.17. The maximum absolute atomic E-state index is 10.9. The fourth-order valence-corrected chi connectivity index (χ4v) is 5.19. The highest BCUT2D eigenvalue weighted by Gasteiger charge is 2.43. The topological polar surface area (TPSA) is 64.2 Å². The number of hydrogen-bond donors (Lipinski definition) is 3. The molecule has 0 radical (unpaired) electrons. The van der Waals surface area contributed by atoms with Crippen LogP contribution in [-0.4, -0.2) is 39.8 Å². The minimum absolute atomic E-state index is 0.557. The Balaban J connectivity index is 1.27. The van der Waals surface area contributed by atoms with Crippen molar-refractivity contribution in [2.24, 2.45) is 11.8 Å². The summed E-state index contributed by atoms with van der Waals surface area (Å²) in [7, 11) is 0. The van der Waals surface area contributed by atoms with Crippen molar-refractivity contribution in [3.05, 3.63) is 52.8 Å². The molecule has 1 aromatic carbocycles. The van der Waals surface area contributed by atoms with Gasteiger partial charge in [-0.05, 0) is 49.1 Å². The molecule has 5 nitrogen and oxygen atoms in total. The molecular weight excluding hydrogens is 312 g/mol. The first-order chi connectivity index (χ1) is 12.3. The number of likely N-dealkylation sites (tertiary alicyclic amines) is 1. The van der Waals surface area contributed by atoms with E-state index in [1.54, 1.807) is 0 Å². The molecule has 2 fully saturated rings. The molecule has 0 amide bonds. The molecule has 1 saturated heterocycles. The van der Waals surface area contributed by atoms with Crippen molar-refractivity contribution >= 4 is 0 Å². The fourth-order valence-electron chi connectivity index (χ4n) is 5.19. The second-order valence-corrected chi connectivity index (χ2v) is 7.92. The number of aliphatic hydroxyl groups is 1. The van der Waals surface area contributed by atoms with E-state index in [9.17, 15) is 5.11 Å². The van der Waals surface area contributed by atoms with E-state index in [0.29, 0.717) is 17.8 Å². The second kappa shape index (κ2) is 6.24. The van der Waals surface area contributed by atoms with Gasteiger partial charge in [0.2, 0.25) is 0 Å². The summed E-state index contributed by atoms with van der Waals surface area (Å²) in [6, 6.07) is 10.9. The first kappa shape index (κ1) is 15.6. The van der Waals surface area contributed by atoms with E-state index in [0.717, 1.165) is 44.0 Å². The molecule has 5 rings (SSSR count). The zero-order chi connectivity index (χ0) is 16.8. The summed E-state index contributed by atoms with van der Waals surface area (Å²) >= 11 is 0. The normalized spacial score (nSPS) is 30.2. The van der Waals surface area contributed by atoms with Gasteiger partial charge in [-0.2, -0.15) is 5.10 Å². The lowest BCUT2D eigenvalue weighted by atomic mass is 9.96. The molecule has 3 aliphatic rings. The molecule has 1 aliphatic carbocycles. The van der Waals surface area contributed by atoms with Crippen LogP contribution in [0.25, 0.3) is 0 Å². The molecule has 1 aromatic heterocycles. The Morgan fingerprint density at radius 1 is 1.12 bits per heavy atom. The maximum atomic E-state index is 10.9. The molecule has 132 valence electrons. The summed E-state index contributed by atoms with van der Waals surface area (Å²) in [4.78, 5) is 2.25. The summed E-state index contributed by atoms with van der Waals surface area (Å²) in [5, 5.41) is 21.8. The van der Waals surface area contributed by atoms with Crippen molar-refractivity contribution in [1.82, 2.24) is 20.4 Å². The van der Waals surface area contributed by atoms with Crippen LogP contribution in [0.1, 0.15) is 47.5 Å². The van der Waals surface area contributed by atoms with Crippen molar-refractivity contribution in [2.75, 3.05) is 19.6 Å². The molecule has 1 saturated carbocycles. The molecule has 0 spiro atoms. The minimum atomic E-state index is -0.557. The van der Waals surface area contributed by atoms with Crippen molar-refractivity contribution < 1.29 is 5.11 Å². The van der Waals surface area contributed by atoms with Gasteiger partial charge in [0.1, 0.15) is 5.69 Å². The highest BCUT2D eigenvalue weighted by Crippen LogP contribution is 2.47. The van der Waals surface area contributed by atoms with E-state index < -0.39 is 6.23 Å². The summed E-state index contributed by atoms with van der Waals surface area (Å²) in [5.41, 5.74) is 4.71. The Morgan fingerprint density at radius 3 is 2.64 bits per heavy atom. The minimum Gasteiger partial charge on any atom is -0.372 e. The third-order valence-corrected chi connectivity index (χ3v) is 6.48. The number of rotatable bonds is 3. The number of aromatic amines is 1. The molecule has 5 heteroatoms. The second-order valence-electron chi connectivity index (χ2n) is 7.92. The SMILES string of the molecule is OC(c1n[nH]c2c1CCNC2)N1CC2CC(c3ccccc3)CC2C1. The average Bonchev–Trinajstić information content (AvgIpc) is 3.34. The summed E-state index contributed by atoms with van der Waals surface area (Å²) in [6.07, 6.45) is 2.90. The van der Waals surface area contributed by atoms with Gasteiger partial charge in [0.05, 0.1) is 5.69 Å². The lowest BCUT2D eigenvalue weighted by Gasteiger charge is -2.25. The molecule has 3 N–H and O–H groups in total. The Bertz CT molecular complexity index is 729. The van der Waals surface area contributed by atoms with Crippen molar-refractivity contribution in [2.45, 2.75) is 38.0 Å². The average molecular weight is 338 g/mol. The van der Waals surface area contributed by atoms with E-state index in [4.69, 9.17) is 0 Å². The molecule has 2 aromatic rings. The Morgan fingerprint density at radius 2 is 1.88 bits per heavy atom. The van der Waals surface area contributed by atoms with Crippen LogP contribution >= 0.6 is 0 Å². The van der Waals surface area contributed by atoms with Crippen molar-refractivity contribution in [3.8, 4) is 0 Å². The van der Waals surface area contributed by atoms with Gasteiger partial charge < -0.3 is 10.4 Å². The molecule has 25 heavy (non-hydrogen) atoms. The number of benzene rings is 1. The number of H-pyrrole nitrogens is 1. The van der Waals surface area contributed by atoms with Gasteiger partial charge in [0.15, 0.2) is 6.23 Å². The number of hydrogen-bond acceptors (Lipinski definition) is 4. The van der Waals surface area contributed by atoms with E-state index in [1.165, 1.54) is 24.0 Å². The van der Waals surface area contributed by atoms with Crippen LogP contribution in [0.15, 0.2) is 30.3 Å². The van der Waals surface area contributed by atoms with E-state index in [-0.39, 0.29) is 0 Å². The van der Waals surface area contributed by atoms with Crippen LogP contribution in [0.3, 0.4) is 0 Å². The lowest BCUT2D eigenvalue weighted by Crippen LogP contribution is -2.30. The van der Waals surface area contributed by atoms with Crippen LogP contribution in [0.4, 0.5) is 0 Å². The van der Waals surface area contributed by atoms with Gasteiger partial charge in [-0.1, -0.05) is 30.3 Å². The molecule has 0 bridgehead atoms. The zero-order valence-electron chi connectivity index (χ0n) is 14.5. The van der Waals surface area contributed by atoms with Crippen LogP contribution < -0.4 is 5.32 Å². The monoisotopic (exact) mass is 338 g/mol. The third kappa shape index (κ3) is 2.71. The van der Waals surface area contributed by atoms with Gasteiger partial charge >= 0.3 is 0 Å². The smallest absolute Gasteiger partial charge is 0.152 e.